The summed E-state index contributed by atoms with van der Waals surface area (Å²) >= 11 is 8.20. The number of anilines is 1. The smallest absolute Gasteiger partial charge is 0.167 e. The molecule has 1 fully saturated rings. The van der Waals surface area contributed by atoms with Crippen LogP contribution in [0.25, 0.3) is 11.2 Å². The Balaban J connectivity index is 1.73. The number of nitrogen functional groups attached to an aromatic ring is 1. The fraction of sp³-hybridized carbons (Fsp3) is 0.312. The predicted molar refractivity (Wildman–Crippen MR) is 96.5 cm³/mol. The van der Waals surface area contributed by atoms with Gasteiger partial charge in [0.25, 0.3) is 0 Å². The van der Waals surface area contributed by atoms with Crippen molar-refractivity contribution in [2.75, 3.05) is 12.3 Å². The van der Waals surface area contributed by atoms with Crippen LogP contribution in [0.2, 0.25) is 0 Å². The van der Waals surface area contributed by atoms with E-state index in [1.807, 2.05) is 30.3 Å². The minimum atomic E-state index is -0.468. The second-order valence-electron chi connectivity index (χ2n) is 5.67. The minimum Gasteiger partial charge on any atom is -0.394 e. The normalized spacial score (nSPS) is 26.3. The summed E-state index contributed by atoms with van der Waals surface area (Å²) < 4.78 is 7.82. The van der Waals surface area contributed by atoms with E-state index in [0.29, 0.717) is 17.0 Å². The molecule has 2 aromatic heterocycles. The SMILES string of the molecule is Nc1ncnc2c1ncn2[C@@H]1O[C@H](CO)[C@H](Cl)[C@H]1Sc1ccccc1. The number of alkyl halides is 1. The van der Waals surface area contributed by atoms with E-state index in [0.717, 1.165) is 4.90 Å². The number of hydrogen-bond acceptors (Lipinski definition) is 7. The fourth-order valence-corrected chi connectivity index (χ4v) is 4.57. The maximum atomic E-state index is 9.60. The van der Waals surface area contributed by atoms with Gasteiger partial charge in [-0.1, -0.05) is 18.2 Å². The van der Waals surface area contributed by atoms with E-state index < -0.39 is 12.3 Å². The van der Waals surface area contributed by atoms with Gasteiger partial charge in [0.05, 0.1) is 23.6 Å². The zero-order chi connectivity index (χ0) is 17.4. The first-order chi connectivity index (χ1) is 12.2. The Morgan fingerprint density at radius 2 is 2.04 bits per heavy atom. The molecule has 4 atom stereocenters. The van der Waals surface area contributed by atoms with Gasteiger partial charge in [-0.3, -0.25) is 4.57 Å². The largest absolute Gasteiger partial charge is 0.394 e. The van der Waals surface area contributed by atoms with Crippen molar-refractivity contribution in [3.63, 3.8) is 0 Å². The number of rotatable bonds is 4. The first kappa shape index (κ1) is 16.6. The molecule has 0 amide bonds. The van der Waals surface area contributed by atoms with Crippen LogP contribution in [0.4, 0.5) is 5.82 Å². The lowest BCUT2D eigenvalue weighted by atomic mass is 10.2. The standard InChI is InChI=1S/C16H16ClN5O2S/c17-11-10(6-23)24-16(13(11)25-9-4-2-1-3-5-9)22-8-21-12-14(18)19-7-20-15(12)22/h1-5,7-8,10-11,13,16,23H,6H2,(H2,18,19,20)/t10-,11+,13-,16-/m1/s1. The van der Waals surface area contributed by atoms with Crippen LogP contribution in [0.5, 0.6) is 0 Å². The summed E-state index contributed by atoms with van der Waals surface area (Å²) in [6.07, 6.45) is 2.13. The Morgan fingerprint density at radius 3 is 2.80 bits per heavy atom. The van der Waals surface area contributed by atoms with Crippen LogP contribution in [0.1, 0.15) is 6.23 Å². The number of aromatic nitrogens is 4. The van der Waals surface area contributed by atoms with Crippen molar-refractivity contribution in [2.45, 2.75) is 27.9 Å². The van der Waals surface area contributed by atoms with Crippen molar-refractivity contribution in [3.05, 3.63) is 43.0 Å². The molecule has 25 heavy (non-hydrogen) atoms. The van der Waals surface area contributed by atoms with Gasteiger partial charge in [0.15, 0.2) is 17.7 Å². The zero-order valence-corrected chi connectivity index (χ0v) is 14.6. The van der Waals surface area contributed by atoms with Crippen LogP contribution < -0.4 is 5.73 Å². The maximum absolute atomic E-state index is 9.60. The number of fused-ring (bicyclic) bond motifs is 1. The molecule has 130 valence electrons. The number of benzene rings is 1. The van der Waals surface area contributed by atoms with Crippen LogP contribution >= 0.6 is 23.4 Å². The van der Waals surface area contributed by atoms with Crippen molar-refractivity contribution in [1.29, 1.82) is 0 Å². The summed E-state index contributed by atoms with van der Waals surface area (Å²) in [7, 11) is 0. The van der Waals surface area contributed by atoms with Crippen LogP contribution in [-0.4, -0.2) is 48.0 Å². The van der Waals surface area contributed by atoms with E-state index in [9.17, 15) is 5.11 Å². The summed E-state index contributed by atoms with van der Waals surface area (Å²) in [4.78, 5) is 13.6. The number of aliphatic hydroxyl groups is 1. The lowest BCUT2D eigenvalue weighted by molar-refractivity contribution is -0.0189. The Morgan fingerprint density at radius 1 is 1.24 bits per heavy atom. The van der Waals surface area contributed by atoms with Crippen LogP contribution in [0, 0.1) is 0 Å². The fourth-order valence-electron chi connectivity index (χ4n) is 2.90. The molecule has 3 N–H and O–H groups in total. The average molecular weight is 378 g/mol. The van der Waals surface area contributed by atoms with Gasteiger partial charge in [0, 0.05) is 4.90 Å². The highest BCUT2D eigenvalue weighted by molar-refractivity contribution is 8.00. The average Bonchev–Trinajstić information content (AvgIpc) is 3.19. The van der Waals surface area contributed by atoms with Gasteiger partial charge in [-0.15, -0.1) is 23.4 Å². The topological polar surface area (TPSA) is 99.1 Å². The molecule has 0 bridgehead atoms. The number of hydrogen-bond donors (Lipinski definition) is 2. The van der Waals surface area contributed by atoms with Gasteiger partial charge in [-0.2, -0.15) is 0 Å². The van der Waals surface area contributed by atoms with E-state index in [4.69, 9.17) is 22.1 Å². The molecule has 3 heterocycles. The molecule has 1 aromatic carbocycles. The lowest BCUT2D eigenvalue weighted by Crippen LogP contribution is -2.26. The second kappa shape index (κ2) is 6.80. The molecule has 1 saturated heterocycles. The summed E-state index contributed by atoms with van der Waals surface area (Å²) in [5.41, 5.74) is 6.97. The number of nitrogens with two attached hydrogens (primary N) is 1. The Kier molecular flexibility index (Phi) is 4.51. The molecular weight excluding hydrogens is 362 g/mol. The van der Waals surface area contributed by atoms with Gasteiger partial charge in [-0.25, -0.2) is 15.0 Å². The van der Waals surface area contributed by atoms with E-state index in [2.05, 4.69) is 15.0 Å². The molecule has 0 aliphatic carbocycles. The summed E-state index contributed by atoms with van der Waals surface area (Å²) in [6.45, 7) is -0.153. The van der Waals surface area contributed by atoms with Crippen LogP contribution in [0.3, 0.4) is 0 Å². The summed E-state index contributed by atoms with van der Waals surface area (Å²) in [5.74, 6) is 0.315. The zero-order valence-electron chi connectivity index (χ0n) is 13.1. The molecule has 3 aromatic rings. The maximum Gasteiger partial charge on any atom is 0.167 e. The molecule has 7 nitrogen and oxygen atoms in total. The van der Waals surface area contributed by atoms with Crippen LogP contribution in [0.15, 0.2) is 47.9 Å². The third-order valence-electron chi connectivity index (χ3n) is 4.12. The number of halogens is 1. The first-order valence-electron chi connectivity index (χ1n) is 7.74. The Hall–Kier alpha value is -1.87. The van der Waals surface area contributed by atoms with E-state index >= 15 is 0 Å². The summed E-state index contributed by atoms with van der Waals surface area (Å²) in [6, 6.07) is 9.94. The highest BCUT2D eigenvalue weighted by Gasteiger charge is 2.45. The van der Waals surface area contributed by atoms with E-state index in [1.54, 1.807) is 22.7 Å². The monoisotopic (exact) mass is 377 g/mol. The van der Waals surface area contributed by atoms with Crippen molar-refractivity contribution >= 4 is 40.3 Å². The van der Waals surface area contributed by atoms with Crippen molar-refractivity contribution < 1.29 is 9.84 Å². The lowest BCUT2D eigenvalue weighted by Gasteiger charge is -2.21. The molecule has 0 unspecified atom stereocenters. The molecule has 9 heteroatoms. The minimum absolute atomic E-state index is 0.130. The van der Waals surface area contributed by atoms with E-state index in [-0.39, 0.29) is 17.2 Å². The van der Waals surface area contributed by atoms with Gasteiger partial charge >= 0.3 is 0 Å². The van der Waals surface area contributed by atoms with Gasteiger partial charge in [0.2, 0.25) is 0 Å². The van der Waals surface area contributed by atoms with Gasteiger partial charge in [-0.05, 0) is 12.1 Å². The molecule has 0 saturated carbocycles. The number of ether oxygens (including phenoxy) is 1. The quantitative estimate of drug-likeness (QED) is 0.671. The summed E-state index contributed by atoms with van der Waals surface area (Å²) in [5, 5.41) is 9.11. The van der Waals surface area contributed by atoms with Crippen molar-refractivity contribution in [2.24, 2.45) is 0 Å². The number of imidazole rings is 1. The van der Waals surface area contributed by atoms with Crippen molar-refractivity contribution in [1.82, 2.24) is 19.5 Å². The Labute approximate surface area is 153 Å². The molecule has 1 aliphatic heterocycles. The van der Waals surface area contributed by atoms with Gasteiger partial charge < -0.3 is 15.6 Å². The molecule has 4 rings (SSSR count). The number of aliphatic hydroxyl groups excluding tert-OH is 1. The predicted octanol–water partition coefficient (Wildman–Crippen LogP) is 2.07. The second-order valence-corrected chi connectivity index (χ2v) is 7.43. The highest BCUT2D eigenvalue weighted by Crippen LogP contribution is 2.44. The Bertz CT molecular complexity index is 877. The van der Waals surface area contributed by atoms with Crippen molar-refractivity contribution in [3.8, 4) is 0 Å². The highest BCUT2D eigenvalue weighted by atomic mass is 35.5. The molecule has 0 spiro atoms. The first-order valence-corrected chi connectivity index (χ1v) is 9.05. The van der Waals surface area contributed by atoms with E-state index in [1.165, 1.54) is 6.33 Å². The number of nitrogens with zero attached hydrogens (tertiary/aromatic N) is 4. The number of thioether (sulfide) groups is 1. The molecule has 1 aliphatic rings. The van der Waals surface area contributed by atoms with Crippen LogP contribution in [-0.2, 0) is 4.74 Å². The molecule has 0 radical (unpaired) electrons. The molecular formula is C16H16ClN5O2S. The third kappa shape index (κ3) is 2.95. The van der Waals surface area contributed by atoms with Gasteiger partial charge in [0.1, 0.15) is 17.9 Å². The third-order valence-corrected chi connectivity index (χ3v) is 6.17.